The normalized spacial score (nSPS) is 11.8. The minimum absolute atomic E-state index is 0.0368. The van der Waals surface area contributed by atoms with Crippen molar-refractivity contribution in [1.82, 2.24) is 24.4 Å². The number of fused-ring (bicyclic) bond motifs is 1. The van der Waals surface area contributed by atoms with E-state index in [9.17, 15) is 8.42 Å². The van der Waals surface area contributed by atoms with Crippen molar-refractivity contribution in [3.05, 3.63) is 70.8 Å². The highest BCUT2D eigenvalue weighted by Crippen LogP contribution is 2.25. The zero-order chi connectivity index (χ0) is 24.5. The zero-order valence-corrected chi connectivity index (χ0v) is 20.9. The Balaban J connectivity index is 1.52. The van der Waals surface area contributed by atoms with E-state index in [1.54, 1.807) is 43.0 Å². The van der Waals surface area contributed by atoms with Crippen LogP contribution >= 0.6 is 11.6 Å². The van der Waals surface area contributed by atoms with Gasteiger partial charge in [-0.2, -0.15) is 8.42 Å². The molecule has 0 aliphatic carbocycles. The van der Waals surface area contributed by atoms with Crippen molar-refractivity contribution in [2.24, 2.45) is 7.05 Å². The third kappa shape index (κ3) is 5.14. The lowest BCUT2D eigenvalue weighted by molar-refractivity contribution is 0.299. The lowest BCUT2D eigenvalue weighted by atomic mass is 10.1. The van der Waals surface area contributed by atoms with Gasteiger partial charge in [-0.1, -0.05) is 35.9 Å². The molecule has 0 amide bonds. The average Bonchev–Trinajstić information content (AvgIpc) is 3.16. The van der Waals surface area contributed by atoms with E-state index in [-0.39, 0.29) is 16.0 Å². The Morgan fingerprint density at radius 1 is 1.09 bits per heavy atom. The average molecular weight is 501 g/mol. The third-order valence-corrected chi connectivity index (χ3v) is 6.75. The number of hydrogen-bond donors (Lipinski definition) is 1. The summed E-state index contributed by atoms with van der Waals surface area (Å²) in [7, 11) is 1.31. The molecule has 2 aromatic heterocycles. The van der Waals surface area contributed by atoms with Crippen molar-refractivity contribution in [2.45, 2.75) is 25.0 Å². The van der Waals surface area contributed by atoms with Gasteiger partial charge in [-0.15, -0.1) is 0 Å². The van der Waals surface area contributed by atoms with Gasteiger partial charge in [0.2, 0.25) is 0 Å². The van der Waals surface area contributed by atoms with Gasteiger partial charge in [-0.3, -0.25) is 9.62 Å². The summed E-state index contributed by atoms with van der Waals surface area (Å²) >= 11 is 6.17. The van der Waals surface area contributed by atoms with E-state index in [4.69, 9.17) is 16.3 Å². The van der Waals surface area contributed by atoms with Crippen LogP contribution in [-0.4, -0.2) is 47.0 Å². The minimum atomic E-state index is -4.02. The van der Waals surface area contributed by atoms with Crippen LogP contribution in [-0.2, 0) is 30.2 Å². The van der Waals surface area contributed by atoms with Gasteiger partial charge in [0.25, 0.3) is 10.0 Å². The van der Waals surface area contributed by atoms with Crippen molar-refractivity contribution < 1.29 is 13.2 Å². The van der Waals surface area contributed by atoms with Crippen LogP contribution in [0.2, 0.25) is 5.15 Å². The molecule has 2 aromatic carbocycles. The van der Waals surface area contributed by atoms with E-state index >= 15 is 0 Å². The number of para-hydroxylation sites is 2. The molecule has 1 N–H and O–H groups in total. The Hall–Kier alpha value is -3.21. The lowest BCUT2D eigenvalue weighted by Crippen LogP contribution is -2.20. The van der Waals surface area contributed by atoms with Gasteiger partial charge in [0.15, 0.2) is 16.0 Å². The first-order valence-electron chi connectivity index (χ1n) is 10.5. The number of imidazole rings is 1. The molecule has 178 valence electrons. The number of aromatic nitrogens is 4. The van der Waals surface area contributed by atoms with Gasteiger partial charge in [0.05, 0.1) is 24.7 Å². The molecule has 0 saturated heterocycles. The van der Waals surface area contributed by atoms with Crippen LogP contribution in [0.4, 0.5) is 5.82 Å². The van der Waals surface area contributed by atoms with E-state index < -0.39 is 10.0 Å². The molecular formula is C23H25ClN6O3S. The highest BCUT2D eigenvalue weighted by Gasteiger charge is 2.23. The number of methoxy groups -OCH3 is 1. The lowest BCUT2D eigenvalue weighted by Gasteiger charge is -2.18. The number of aryl methyl sites for hydroxylation is 2. The van der Waals surface area contributed by atoms with Crippen LogP contribution in [0.1, 0.15) is 17.0 Å². The maximum Gasteiger partial charge on any atom is 0.282 e. The van der Waals surface area contributed by atoms with Crippen LogP contribution in [0.3, 0.4) is 0 Å². The maximum atomic E-state index is 13.0. The molecule has 0 aliphatic heterocycles. The first kappa shape index (κ1) is 23.9. The smallest absolute Gasteiger partial charge is 0.282 e. The van der Waals surface area contributed by atoms with E-state index in [0.717, 1.165) is 16.9 Å². The molecule has 0 radical (unpaired) electrons. The quantitative estimate of drug-likeness (QED) is 0.393. The number of sulfonamides is 1. The fourth-order valence-electron chi connectivity index (χ4n) is 3.55. The largest absolute Gasteiger partial charge is 0.496 e. The molecule has 0 unspecified atom stereocenters. The van der Waals surface area contributed by atoms with E-state index in [0.29, 0.717) is 29.9 Å². The van der Waals surface area contributed by atoms with Gasteiger partial charge >= 0.3 is 0 Å². The monoisotopic (exact) mass is 500 g/mol. The predicted octanol–water partition coefficient (Wildman–Crippen LogP) is 3.77. The second kappa shape index (κ2) is 9.57. The van der Waals surface area contributed by atoms with Gasteiger partial charge in [-0.25, -0.2) is 15.0 Å². The van der Waals surface area contributed by atoms with Gasteiger partial charge in [-0.05, 0) is 37.7 Å². The van der Waals surface area contributed by atoms with E-state index in [1.165, 1.54) is 6.20 Å². The van der Waals surface area contributed by atoms with E-state index in [2.05, 4.69) is 19.7 Å². The van der Waals surface area contributed by atoms with Crippen LogP contribution in [0.5, 0.6) is 5.75 Å². The summed E-state index contributed by atoms with van der Waals surface area (Å²) in [5, 5.41) is -0.164. The molecule has 0 bridgehead atoms. The maximum absolute atomic E-state index is 13.0. The Labute approximate surface area is 203 Å². The van der Waals surface area contributed by atoms with Crippen molar-refractivity contribution >= 4 is 38.5 Å². The minimum Gasteiger partial charge on any atom is -0.496 e. The molecular weight excluding hydrogens is 476 g/mol. The number of ether oxygens (including phenoxy) is 1. The summed E-state index contributed by atoms with van der Waals surface area (Å²) in [5.41, 5.74) is 3.25. The predicted molar refractivity (Wildman–Crippen MR) is 131 cm³/mol. The molecule has 0 atom stereocenters. The van der Waals surface area contributed by atoms with Gasteiger partial charge in [0, 0.05) is 25.4 Å². The Morgan fingerprint density at radius 3 is 2.50 bits per heavy atom. The third-order valence-electron chi connectivity index (χ3n) is 5.28. The second-order valence-corrected chi connectivity index (χ2v) is 10.0. The molecule has 0 fully saturated rings. The second-order valence-electron chi connectivity index (χ2n) is 8.05. The molecule has 4 aromatic rings. The molecule has 4 rings (SSSR count). The van der Waals surface area contributed by atoms with Crippen molar-refractivity contribution in [3.63, 3.8) is 0 Å². The topological polar surface area (TPSA) is 102 Å². The Morgan fingerprint density at radius 2 is 1.79 bits per heavy atom. The fraction of sp³-hybridized carbons (Fsp3) is 0.261. The number of anilines is 1. The molecule has 2 heterocycles. The van der Waals surface area contributed by atoms with Crippen molar-refractivity contribution in [1.29, 1.82) is 0 Å². The summed E-state index contributed by atoms with van der Waals surface area (Å²) in [4.78, 5) is 14.9. The number of rotatable bonds is 8. The summed E-state index contributed by atoms with van der Waals surface area (Å²) < 4.78 is 35.6. The number of halogens is 1. The molecule has 0 aliphatic rings. The first-order chi connectivity index (χ1) is 16.2. The number of hydrogen-bond acceptors (Lipinski definition) is 7. The number of nitrogens with one attached hydrogen (secondary N) is 1. The molecule has 0 spiro atoms. The summed E-state index contributed by atoms with van der Waals surface area (Å²) in [5.74, 6) is 1.35. The Bertz CT molecular complexity index is 1450. The van der Waals surface area contributed by atoms with Crippen LogP contribution < -0.4 is 9.46 Å². The molecule has 11 heteroatoms. The fourth-order valence-corrected chi connectivity index (χ4v) is 4.81. The zero-order valence-electron chi connectivity index (χ0n) is 19.3. The van der Waals surface area contributed by atoms with Crippen molar-refractivity contribution in [3.8, 4) is 5.75 Å². The first-order valence-corrected chi connectivity index (χ1v) is 12.3. The van der Waals surface area contributed by atoms with Gasteiger partial charge in [0.1, 0.15) is 11.6 Å². The summed E-state index contributed by atoms with van der Waals surface area (Å²) in [6, 6.07) is 13.1. The standard InChI is InChI=1S/C23H25ClN6O3S/c1-15-9-10-16(19(11-15)33-4)12-29(2)13-20-27-21(14-30(20)3)34(31,32)28-23-22(24)25-17-7-5-6-8-18(17)26-23/h5-11,14H,12-13H2,1-4H3,(H,26,28). The van der Waals surface area contributed by atoms with E-state index in [1.807, 2.05) is 37.1 Å². The SMILES string of the molecule is COc1cc(C)ccc1CN(C)Cc1nc(S(=O)(=O)Nc2nc3ccccc3nc2Cl)cn1C. The summed E-state index contributed by atoms with van der Waals surface area (Å²) in [6.45, 7) is 3.05. The summed E-state index contributed by atoms with van der Waals surface area (Å²) in [6.07, 6.45) is 1.46. The Kier molecular flexibility index (Phi) is 6.74. The highest BCUT2D eigenvalue weighted by atomic mass is 35.5. The molecule has 9 nitrogen and oxygen atoms in total. The molecule has 34 heavy (non-hydrogen) atoms. The highest BCUT2D eigenvalue weighted by molar-refractivity contribution is 7.92. The van der Waals surface area contributed by atoms with Gasteiger partial charge < -0.3 is 9.30 Å². The van der Waals surface area contributed by atoms with Crippen LogP contribution in [0, 0.1) is 6.92 Å². The van der Waals surface area contributed by atoms with Crippen LogP contribution in [0.25, 0.3) is 11.0 Å². The van der Waals surface area contributed by atoms with Crippen molar-refractivity contribution in [2.75, 3.05) is 18.9 Å². The number of benzene rings is 2. The molecule has 0 saturated carbocycles. The van der Waals surface area contributed by atoms with Crippen LogP contribution in [0.15, 0.2) is 53.7 Å². The number of nitrogens with zero attached hydrogens (tertiary/aromatic N) is 5.